The molecule has 0 aliphatic carbocycles. The summed E-state index contributed by atoms with van der Waals surface area (Å²) in [6, 6.07) is 9.12. The van der Waals surface area contributed by atoms with Crippen molar-refractivity contribution in [3.63, 3.8) is 0 Å². The van der Waals surface area contributed by atoms with E-state index in [1.54, 1.807) is 24.4 Å². The van der Waals surface area contributed by atoms with E-state index in [0.717, 1.165) is 11.2 Å². The van der Waals surface area contributed by atoms with Gasteiger partial charge in [0.25, 0.3) is 5.91 Å². The number of amides is 1. The van der Waals surface area contributed by atoms with E-state index in [0.29, 0.717) is 22.9 Å². The Balaban J connectivity index is 1.60. The summed E-state index contributed by atoms with van der Waals surface area (Å²) in [7, 11) is 0. The van der Waals surface area contributed by atoms with Crippen LogP contribution in [0.4, 0.5) is 5.69 Å². The van der Waals surface area contributed by atoms with Crippen LogP contribution in [0.2, 0.25) is 0 Å². The van der Waals surface area contributed by atoms with E-state index in [1.807, 2.05) is 29.7 Å². The number of fused-ring (bicyclic) bond motifs is 2. The zero-order valence-electron chi connectivity index (χ0n) is 11.9. The fraction of sp³-hybridized carbons (Fsp3) is 0.125. The molecule has 1 aromatic carbocycles. The number of hydrogen-bond donors (Lipinski definition) is 1. The number of nitrogens with one attached hydrogen (secondary N) is 1. The first-order chi connectivity index (χ1) is 10.7. The Kier molecular flexibility index (Phi) is 2.75. The van der Waals surface area contributed by atoms with Crippen LogP contribution in [-0.2, 0) is 0 Å². The predicted molar refractivity (Wildman–Crippen MR) is 80.4 cm³/mol. The zero-order valence-corrected chi connectivity index (χ0v) is 11.9. The molecule has 1 aliphatic heterocycles. The average Bonchev–Trinajstić information content (AvgIpc) is 3.12. The second-order valence-electron chi connectivity index (χ2n) is 5.12. The highest BCUT2D eigenvalue weighted by atomic mass is 16.7. The van der Waals surface area contributed by atoms with E-state index in [9.17, 15) is 4.79 Å². The van der Waals surface area contributed by atoms with Crippen LogP contribution in [0.25, 0.3) is 5.65 Å². The van der Waals surface area contributed by atoms with Gasteiger partial charge in [0.05, 0.1) is 0 Å². The second kappa shape index (κ2) is 4.77. The largest absolute Gasteiger partial charge is 0.454 e. The number of imidazole rings is 1. The molecule has 0 radical (unpaired) electrons. The molecule has 2 aromatic heterocycles. The van der Waals surface area contributed by atoms with Crippen molar-refractivity contribution in [2.24, 2.45) is 0 Å². The summed E-state index contributed by atoms with van der Waals surface area (Å²) < 4.78 is 12.4. The Hall–Kier alpha value is -3.02. The smallest absolute Gasteiger partial charge is 0.275 e. The molecule has 6 nitrogen and oxygen atoms in total. The van der Waals surface area contributed by atoms with Crippen molar-refractivity contribution in [2.75, 3.05) is 12.1 Å². The minimum absolute atomic E-state index is 0.207. The molecule has 110 valence electrons. The Morgan fingerprint density at radius 1 is 1.18 bits per heavy atom. The summed E-state index contributed by atoms with van der Waals surface area (Å²) in [6.45, 7) is 2.20. The molecule has 0 spiro atoms. The van der Waals surface area contributed by atoms with E-state index in [1.165, 1.54) is 0 Å². The van der Waals surface area contributed by atoms with Crippen LogP contribution >= 0.6 is 0 Å². The van der Waals surface area contributed by atoms with Gasteiger partial charge < -0.3 is 19.2 Å². The average molecular weight is 295 g/mol. The van der Waals surface area contributed by atoms with Gasteiger partial charge in [0, 0.05) is 24.1 Å². The first-order valence-electron chi connectivity index (χ1n) is 6.85. The molecule has 0 unspecified atom stereocenters. The number of hydrogen-bond acceptors (Lipinski definition) is 4. The lowest BCUT2D eigenvalue weighted by atomic mass is 10.2. The van der Waals surface area contributed by atoms with Crippen molar-refractivity contribution in [2.45, 2.75) is 6.92 Å². The number of carbonyl (C=O) groups is 1. The van der Waals surface area contributed by atoms with Crippen molar-refractivity contribution in [3.05, 3.63) is 54.0 Å². The quantitative estimate of drug-likeness (QED) is 0.789. The summed E-state index contributed by atoms with van der Waals surface area (Å²) >= 11 is 0. The van der Waals surface area contributed by atoms with Gasteiger partial charge in [-0.1, -0.05) is 6.07 Å². The molecule has 0 saturated heterocycles. The Labute approximate surface area is 126 Å². The number of anilines is 1. The van der Waals surface area contributed by atoms with Gasteiger partial charge in [-0.25, -0.2) is 4.98 Å². The Bertz CT molecular complexity index is 885. The number of pyridine rings is 1. The van der Waals surface area contributed by atoms with Crippen LogP contribution in [0.1, 0.15) is 16.1 Å². The van der Waals surface area contributed by atoms with Gasteiger partial charge in [0.2, 0.25) is 6.79 Å². The summed E-state index contributed by atoms with van der Waals surface area (Å²) in [5, 5.41) is 2.81. The molecule has 1 amide bonds. The van der Waals surface area contributed by atoms with Crippen LogP contribution in [0.5, 0.6) is 11.5 Å². The van der Waals surface area contributed by atoms with Crippen molar-refractivity contribution in [3.8, 4) is 11.5 Å². The molecule has 0 bridgehead atoms. The van der Waals surface area contributed by atoms with Crippen molar-refractivity contribution in [1.29, 1.82) is 0 Å². The monoisotopic (exact) mass is 295 g/mol. The Morgan fingerprint density at radius 2 is 2.05 bits per heavy atom. The van der Waals surface area contributed by atoms with Gasteiger partial charge in [-0.3, -0.25) is 4.79 Å². The predicted octanol–water partition coefficient (Wildman–Crippen LogP) is 2.62. The number of carbonyl (C=O) groups excluding carboxylic acids is 1. The maximum absolute atomic E-state index is 12.3. The fourth-order valence-corrected chi connectivity index (χ4v) is 2.38. The minimum atomic E-state index is -0.264. The van der Waals surface area contributed by atoms with E-state index in [2.05, 4.69) is 10.3 Å². The zero-order chi connectivity index (χ0) is 15.1. The third-order valence-corrected chi connectivity index (χ3v) is 3.46. The van der Waals surface area contributed by atoms with Crippen LogP contribution in [0.15, 0.2) is 42.7 Å². The lowest BCUT2D eigenvalue weighted by molar-refractivity contribution is 0.102. The normalized spacial score (nSPS) is 12.6. The standard InChI is InChI=1S/C16H13N3O3/c1-10-2-5-15-18-12(8-19(15)7-10)16(20)17-11-3-4-13-14(6-11)22-9-21-13/h2-8H,9H2,1H3,(H,17,20). The highest BCUT2D eigenvalue weighted by Gasteiger charge is 2.16. The number of rotatable bonds is 2. The lowest BCUT2D eigenvalue weighted by Gasteiger charge is -2.04. The second-order valence-corrected chi connectivity index (χ2v) is 5.12. The molecule has 0 atom stereocenters. The number of nitrogens with zero attached hydrogens (tertiary/aromatic N) is 2. The topological polar surface area (TPSA) is 64.9 Å². The third kappa shape index (κ3) is 2.14. The van der Waals surface area contributed by atoms with Crippen LogP contribution < -0.4 is 14.8 Å². The fourth-order valence-electron chi connectivity index (χ4n) is 2.38. The van der Waals surface area contributed by atoms with Gasteiger partial charge in [0.1, 0.15) is 11.3 Å². The number of ether oxygens (including phenoxy) is 2. The van der Waals surface area contributed by atoms with E-state index in [4.69, 9.17) is 9.47 Å². The molecule has 1 aliphatic rings. The van der Waals surface area contributed by atoms with Crippen LogP contribution in [0, 0.1) is 6.92 Å². The highest BCUT2D eigenvalue weighted by molar-refractivity contribution is 6.03. The molecule has 22 heavy (non-hydrogen) atoms. The summed E-state index contributed by atoms with van der Waals surface area (Å²) in [4.78, 5) is 16.6. The molecular formula is C16H13N3O3. The van der Waals surface area contributed by atoms with Gasteiger partial charge >= 0.3 is 0 Å². The first-order valence-corrected chi connectivity index (χ1v) is 6.85. The Morgan fingerprint density at radius 3 is 2.95 bits per heavy atom. The molecule has 0 saturated carbocycles. The van der Waals surface area contributed by atoms with Crippen LogP contribution in [0.3, 0.4) is 0 Å². The lowest BCUT2D eigenvalue weighted by Crippen LogP contribution is -2.12. The number of benzene rings is 1. The molecular weight excluding hydrogens is 282 g/mol. The van der Waals surface area contributed by atoms with Crippen molar-refractivity contribution in [1.82, 2.24) is 9.38 Å². The van der Waals surface area contributed by atoms with E-state index < -0.39 is 0 Å². The first kappa shape index (κ1) is 12.7. The van der Waals surface area contributed by atoms with Crippen molar-refractivity contribution >= 4 is 17.2 Å². The molecule has 6 heteroatoms. The van der Waals surface area contributed by atoms with E-state index >= 15 is 0 Å². The summed E-state index contributed by atoms with van der Waals surface area (Å²) in [5.74, 6) is 1.05. The van der Waals surface area contributed by atoms with E-state index in [-0.39, 0.29) is 12.7 Å². The van der Waals surface area contributed by atoms with Gasteiger partial charge in [-0.2, -0.15) is 0 Å². The number of aryl methyl sites for hydroxylation is 1. The molecule has 4 rings (SSSR count). The summed E-state index contributed by atoms with van der Waals surface area (Å²) in [6.07, 6.45) is 3.64. The summed E-state index contributed by atoms with van der Waals surface area (Å²) in [5.41, 5.74) is 2.85. The maximum atomic E-state index is 12.3. The minimum Gasteiger partial charge on any atom is -0.454 e. The molecule has 3 heterocycles. The van der Waals surface area contributed by atoms with Gasteiger partial charge in [-0.05, 0) is 30.7 Å². The molecule has 0 fully saturated rings. The maximum Gasteiger partial charge on any atom is 0.275 e. The van der Waals surface area contributed by atoms with Gasteiger partial charge in [0.15, 0.2) is 11.5 Å². The molecule has 1 N–H and O–H groups in total. The number of aromatic nitrogens is 2. The van der Waals surface area contributed by atoms with Crippen LogP contribution in [-0.4, -0.2) is 22.1 Å². The SMILES string of the molecule is Cc1ccc2nc(C(=O)Nc3ccc4c(c3)OCO4)cn2c1. The van der Waals surface area contributed by atoms with Crippen molar-refractivity contribution < 1.29 is 14.3 Å². The van der Waals surface area contributed by atoms with Gasteiger partial charge in [-0.15, -0.1) is 0 Å². The molecule has 3 aromatic rings. The third-order valence-electron chi connectivity index (χ3n) is 3.46. The highest BCUT2D eigenvalue weighted by Crippen LogP contribution is 2.34.